The summed E-state index contributed by atoms with van der Waals surface area (Å²) in [5, 5.41) is 2.59. The van der Waals surface area contributed by atoms with E-state index in [2.05, 4.69) is 220 Å². The topological polar surface area (TPSA) is 19.6 Å². The first kappa shape index (κ1) is 39.2. The molecule has 2 aliphatic heterocycles. The van der Waals surface area contributed by atoms with Crippen molar-refractivity contribution < 1.29 is 4.42 Å². The molecule has 0 aliphatic carbocycles. The summed E-state index contributed by atoms with van der Waals surface area (Å²) in [6.45, 7) is 30.2. The van der Waals surface area contributed by atoms with E-state index in [1.54, 1.807) is 0 Å². The Balaban J connectivity index is 1.41. The van der Waals surface area contributed by atoms with Gasteiger partial charge in [-0.15, -0.1) is 0 Å². The van der Waals surface area contributed by atoms with Crippen molar-refractivity contribution in [3.05, 3.63) is 144 Å². The molecule has 0 spiro atoms. The Morgan fingerprint density at radius 3 is 1.76 bits per heavy atom. The van der Waals surface area contributed by atoms with E-state index in [0.29, 0.717) is 0 Å². The molecule has 0 atom stereocenters. The van der Waals surface area contributed by atoms with Crippen LogP contribution >= 0.6 is 0 Å². The van der Waals surface area contributed by atoms with E-state index in [1.807, 2.05) is 0 Å². The van der Waals surface area contributed by atoms with Crippen molar-refractivity contribution in [3.63, 3.8) is 0 Å². The second-order valence-corrected chi connectivity index (χ2v) is 26.3. The van der Waals surface area contributed by atoms with Gasteiger partial charge in [0, 0.05) is 33.7 Å². The van der Waals surface area contributed by atoms with Crippen LogP contribution in [0.4, 0.5) is 34.1 Å². The van der Waals surface area contributed by atoms with Crippen molar-refractivity contribution >= 4 is 81.7 Å². The van der Waals surface area contributed by atoms with E-state index >= 15 is 0 Å². The molecule has 7 aromatic rings. The Labute approximate surface area is 354 Å². The highest BCUT2D eigenvalue weighted by atomic mass is 28.3. The molecule has 0 N–H and O–H groups in total. The average Bonchev–Trinajstić information content (AvgIpc) is 3.55. The zero-order valence-electron chi connectivity index (χ0n) is 37.4. The number of anilines is 6. The lowest BCUT2D eigenvalue weighted by Gasteiger charge is -2.43. The quantitative estimate of drug-likeness (QED) is 0.166. The first-order valence-electron chi connectivity index (χ1n) is 21.5. The minimum Gasteiger partial charge on any atom is -0.468 e. The van der Waals surface area contributed by atoms with Crippen molar-refractivity contribution in [2.75, 3.05) is 9.80 Å². The normalized spacial score (nSPS) is 14.1. The van der Waals surface area contributed by atoms with Crippen LogP contribution in [0.15, 0.2) is 126 Å². The Hall–Kier alpha value is -5.26. The fourth-order valence-electron chi connectivity index (χ4n) is 9.23. The lowest BCUT2D eigenvalue weighted by atomic mass is 9.35. The molecule has 3 nitrogen and oxygen atoms in total. The van der Waals surface area contributed by atoms with Gasteiger partial charge in [-0.3, -0.25) is 0 Å². The van der Waals surface area contributed by atoms with Crippen LogP contribution in [-0.4, -0.2) is 14.8 Å². The van der Waals surface area contributed by atoms with Crippen LogP contribution in [0.1, 0.15) is 84.6 Å². The van der Waals surface area contributed by atoms with Crippen molar-refractivity contribution in [1.82, 2.24) is 0 Å². The van der Waals surface area contributed by atoms with E-state index < -0.39 is 8.07 Å². The van der Waals surface area contributed by atoms with Gasteiger partial charge in [0.05, 0.1) is 25.1 Å². The molecule has 6 aromatic carbocycles. The maximum absolute atomic E-state index is 7.38. The lowest BCUT2D eigenvalue weighted by Crippen LogP contribution is -2.61. The van der Waals surface area contributed by atoms with Gasteiger partial charge in [0.25, 0.3) is 6.71 Å². The molecule has 9 rings (SSSR count). The van der Waals surface area contributed by atoms with E-state index in [-0.39, 0.29) is 23.0 Å². The first-order valence-corrected chi connectivity index (χ1v) is 25.0. The Kier molecular flexibility index (Phi) is 8.89. The summed E-state index contributed by atoms with van der Waals surface area (Å²) in [7, 11) is -1.68. The van der Waals surface area contributed by atoms with Gasteiger partial charge >= 0.3 is 0 Å². The van der Waals surface area contributed by atoms with Crippen LogP contribution in [0.2, 0.25) is 19.6 Å². The molecule has 0 amide bonds. The van der Waals surface area contributed by atoms with Gasteiger partial charge in [0.15, 0.2) is 0 Å². The van der Waals surface area contributed by atoms with E-state index in [9.17, 15) is 0 Å². The number of nitrogens with zero attached hydrogens (tertiary/aromatic N) is 2. The van der Waals surface area contributed by atoms with Gasteiger partial charge in [-0.1, -0.05) is 154 Å². The third-order valence-electron chi connectivity index (χ3n) is 12.7. The third kappa shape index (κ3) is 6.57. The van der Waals surface area contributed by atoms with Crippen LogP contribution in [0, 0.1) is 6.92 Å². The SMILES string of the molecule is Cc1cc2c3c(c1)N(c1ccc(C(C)(C)C)cc1-c1ccccc1)c1c(oc4cc(C(C)(C)C)ccc14)B3c1ccc([Si](C)(C)C)cc1N2c1ccc(C(C)(C)C)cc1. The molecular weight excluding hydrogens is 732 g/mol. The predicted molar refractivity (Wildman–Crippen MR) is 259 cm³/mol. The van der Waals surface area contributed by atoms with Crippen molar-refractivity contribution in [1.29, 1.82) is 0 Å². The molecule has 1 aromatic heterocycles. The van der Waals surface area contributed by atoms with Gasteiger partial charge in [-0.05, 0) is 117 Å². The summed E-state index contributed by atoms with van der Waals surface area (Å²) in [6.07, 6.45) is 0. The van der Waals surface area contributed by atoms with Crippen molar-refractivity contribution in [2.24, 2.45) is 0 Å². The van der Waals surface area contributed by atoms with Crippen LogP contribution in [0.25, 0.3) is 22.1 Å². The largest absolute Gasteiger partial charge is 0.468 e. The summed E-state index contributed by atoms with van der Waals surface area (Å²) in [4.78, 5) is 5.11. The molecule has 0 saturated heterocycles. The number of furan rings is 1. The number of benzene rings is 6. The fraction of sp³-hybridized carbons (Fsp3) is 0.296. The van der Waals surface area contributed by atoms with Gasteiger partial charge < -0.3 is 14.2 Å². The maximum atomic E-state index is 7.38. The maximum Gasteiger partial charge on any atom is 0.297 e. The zero-order chi connectivity index (χ0) is 42.0. The van der Waals surface area contributed by atoms with Gasteiger partial charge in [0.1, 0.15) is 5.58 Å². The minimum atomic E-state index is -1.68. The summed E-state index contributed by atoms with van der Waals surface area (Å²) in [5.41, 5.74) is 19.2. The molecule has 0 saturated carbocycles. The van der Waals surface area contributed by atoms with Crippen LogP contribution < -0.4 is 31.6 Å². The molecule has 0 fully saturated rings. The molecule has 0 bridgehead atoms. The van der Waals surface area contributed by atoms with Crippen LogP contribution in [0.3, 0.4) is 0 Å². The van der Waals surface area contributed by atoms with Crippen molar-refractivity contribution in [2.45, 2.75) is 105 Å². The Morgan fingerprint density at radius 2 is 1.14 bits per heavy atom. The molecular formula is C54H59BN2OSi. The lowest BCUT2D eigenvalue weighted by molar-refractivity contribution is 0.587. The number of hydrogen-bond donors (Lipinski definition) is 0. The van der Waals surface area contributed by atoms with E-state index in [0.717, 1.165) is 28.0 Å². The number of rotatable bonds is 4. The second kappa shape index (κ2) is 13.4. The summed E-state index contributed by atoms with van der Waals surface area (Å²) in [5.74, 6) is 0. The highest BCUT2D eigenvalue weighted by Crippen LogP contribution is 2.50. The monoisotopic (exact) mass is 790 g/mol. The van der Waals surface area contributed by atoms with Crippen LogP contribution in [0.5, 0.6) is 0 Å². The fourth-order valence-corrected chi connectivity index (χ4v) is 10.4. The summed E-state index contributed by atoms with van der Waals surface area (Å²) < 4.78 is 7.38. The highest BCUT2D eigenvalue weighted by Gasteiger charge is 2.47. The summed E-state index contributed by atoms with van der Waals surface area (Å²) >= 11 is 0. The molecule has 0 radical (unpaired) electrons. The highest BCUT2D eigenvalue weighted by molar-refractivity contribution is 7.00. The van der Waals surface area contributed by atoms with Gasteiger partial charge in [0.2, 0.25) is 0 Å². The number of hydrogen-bond acceptors (Lipinski definition) is 3. The Bertz CT molecular complexity index is 2770. The predicted octanol–water partition coefficient (Wildman–Crippen LogP) is 12.9. The van der Waals surface area contributed by atoms with Crippen LogP contribution in [-0.2, 0) is 16.2 Å². The molecule has 0 unspecified atom stereocenters. The average molecular weight is 791 g/mol. The first-order chi connectivity index (χ1) is 27.7. The van der Waals surface area contributed by atoms with Crippen molar-refractivity contribution in [3.8, 4) is 11.1 Å². The Morgan fingerprint density at radius 1 is 0.542 bits per heavy atom. The van der Waals surface area contributed by atoms with Gasteiger partial charge in [-0.2, -0.15) is 0 Å². The van der Waals surface area contributed by atoms with E-state index in [1.165, 1.54) is 72.2 Å². The molecule has 59 heavy (non-hydrogen) atoms. The molecule has 298 valence electrons. The zero-order valence-corrected chi connectivity index (χ0v) is 38.4. The standard InChI is InChI=1S/C54H59BN2OSi/c1-34-29-46-49-47(30-34)57(44-28-22-37(53(5,6)7)31-42(44)35-17-15-14-16-18-35)50-41-26-21-38(54(8,9)10)32-48(41)58-51(50)55(49)43-27-25-40(59(11,12)13)33-45(43)56(46)39-23-19-36(20-24-39)52(2,3)4/h14-33H,1-13H3. The molecule has 5 heteroatoms. The molecule has 3 heterocycles. The number of fused-ring (bicyclic) bond motifs is 6. The second-order valence-electron chi connectivity index (χ2n) is 21.3. The smallest absolute Gasteiger partial charge is 0.297 e. The van der Waals surface area contributed by atoms with E-state index in [4.69, 9.17) is 4.42 Å². The van der Waals surface area contributed by atoms with Gasteiger partial charge in [-0.25, -0.2) is 0 Å². The minimum absolute atomic E-state index is 0.0179. The third-order valence-corrected chi connectivity index (χ3v) is 14.8. The number of aryl methyl sites for hydroxylation is 1. The summed E-state index contributed by atoms with van der Waals surface area (Å²) in [6, 6.07) is 46.5. The molecule has 2 aliphatic rings.